The van der Waals surface area contributed by atoms with E-state index in [1.165, 1.54) is 76.7 Å². The summed E-state index contributed by atoms with van der Waals surface area (Å²) in [4.78, 5) is 22.7. The van der Waals surface area contributed by atoms with Gasteiger partial charge in [0, 0.05) is 6.61 Å². The molecule has 2 aromatic rings. The molecule has 0 heterocycles. The monoisotopic (exact) mass is 524 g/mol. The maximum absolute atomic E-state index is 11.8. The first-order valence-electron chi connectivity index (χ1n) is 13.8. The van der Waals surface area contributed by atoms with E-state index in [1.54, 1.807) is 30.3 Å². The molecule has 4 saturated carbocycles. The number of phenolic OH excluding ortho intramolecular Hbond substituents is 2. The van der Waals surface area contributed by atoms with Crippen molar-refractivity contribution in [2.75, 3.05) is 20.3 Å². The van der Waals surface area contributed by atoms with Crippen molar-refractivity contribution >= 4 is 11.9 Å². The zero-order valence-electron chi connectivity index (χ0n) is 22.1. The molecule has 2 aromatic carbocycles. The number of aliphatic hydroxyl groups is 1. The molecule has 0 radical (unpaired) electrons. The molecule has 4 aliphatic carbocycles. The van der Waals surface area contributed by atoms with Gasteiger partial charge in [0.05, 0.1) is 13.7 Å². The summed E-state index contributed by atoms with van der Waals surface area (Å²) in [5.74, 6) is 3.75. The molecule has 3 N–H and O–H groups in total. The van der Waals surface area contributed by atoms with E-state index < -0.39 is 11.9 Å². The number of methoxy groups -OCH3 is 1. The zero-order valence-corrected chi connectivity index (χ0v) is 22.1. The molecule has 7 heteroatoms. The third-order valence-electron chi connectivity index (χ3n) is 8.87. The number of aliphatic hydroxyl groups excluding tert-OH is 1. The van der Waals surface area contributed by atoms with Crippen molar-refractivity contribution in [2.24, 2.45) is 35.5 Å². The van der Waals surface area contributed by atoms with E-state index in [0.29, 0.717) is 25.0 Å². The maximum atomic E-state index is 11.8. The van der Waals surface area contributed by atoms with Gasteiger partial charge in [0.25, 0.3) is 0 Å². The molecule has 4 fully saturated rings. The summed E-state index contributed by atoms with van der Waals surface area (Å²) in [7, 11) is 1.27. The van der Waals surface area contributed by atoms with Gasteiger partial charge in [-0.2, -0.15) is 0 Å². The Bertz CT molecular complexity index is 1080. The lowest BCUT2D eigenvalue weighted by Gasteiger charge is -2.21. The highest BCUT2D eigenvalue weighted by molar-refractivity contribution is 5.92. The fraction of sp³-hybridized carbons (Fsp3) is 0.548. The predicted molar refractivity (Wildman–Crippen MR) is 143 cm³/mol. The van der Waals surface area contributed by atoms with Crippen LogP contribution in [0.15, 0.2) is 48.5 Å². The molecule has 0 amide bonds. The molecule has 4 aliphatic rings. The third kappa shape index (κ3) is 6.87. The van der Waals surface area contributed by atoms with Crippen LogP contribution in [0.2, 0.25) is 0 Å². The molecule has 6 atom stereocenters. The highest BCUT2D eigenvalue weighted by atomic mass is 16.5. The largest absolute Gasteiger partial charge is 0.507 e. The average Bonchev–Trinajstić information content (AvgIpc) is 3.75. The van der Waals surface area contributed by atoms with Crippen LogP contribution < -0.4 is 0 Å². The minimum Gasteiger partial charge on any atom is -0.507 e. The van der Waals surface area contributed by atoms with E-state index in [4.69, 9.17) is 14.9 Å². The van der Waals surface area contributed by atoms with Gasteiger partial charge in [-0.15, -0.1) is 0 Å². The quantitative estimate of drug-likeness (QED) is 0.438. The molecule has 206 valence electrons. The second-order valence-electron chi connectivity index (χ2n) is 11.2. The molecule has 7 nitrogen and oxygen atoms in total. The summed E-state index contributed by atoms with van der Waals surface area (Å²) in [6.45, 7) is 0.954. The standard InChI is InChI=1S/C15H18O3.C8H8O3.C8H14O/c16-14-4-2-1-3-13(14)15(17)18-9-12-8-10-5-6-11(12)7-10;1-11-8(10)6-4-2-3-5-7(6)9;9-5-8-4-6-1-2-7(8)3-6/h1-4,10-12,16H,5-9H2;2-5,9H,1H3;6-9H,1-5H2. The van der Waals surface area contributed by atoms with Gasteiger partial charge >= 0.3 is 11.9 Å². The van der Waals surface area contributed by atoms with Crippen molar-refractivity contribution in [1.29, 1.82) is 0 Å². The molecule has 6 rings (SSSR count). The Morgan fingerprint density at radius 3 is 1.63 bits per heavy atom. The lowest BCUT2D eigenvalue weighted by atomic mass is 9.89. The lowest BCUT2D eigenvalue weighted by Crippen LogP contribution is -2.19. The molecule has 0 aromatic heterocycles. The van der Waals surface area contributed by atoms with Gasteiger partial charge < -0.3 is 24.8 Å². The number of hydrogen-bond acceptors (Lipinski definition) is 7. The van der Waals surface area contributed by atoms with Crippen molar-refractivity contribution in [3.8, 4) is 11.5 Å². The SMILES string of the molecule is COC(=O)c1ccccc1O.O=C(OCC1CC2CCC1C2)c1ccccc1O.OCC1CC2CCC1C2. The normalized spacial score (nSPS) is 28.1. The summed E-state index contributed by atoms with van der Waals surface area (Å²) >= 11 is 0. The van der Waals surface area contributed by atoms with Gasteiger partial charge in [-0.05, 0) is 98.3 Å². The van der Waals surface area contributed by atoms with Gasteiger partial charge in [-0.3, -0.25) is 0 Å². The van der Waals surface area contributed by atoms with Gasteiger partial charge in [0.1, 0.15) is 22.6 Å². The van der Waals surface area contributed by atoms with Crippen LogP contribution >= 0.6 is 0 Å². The summed E-state index contributed by atoms with van der Waals surface area (Å²) in [6, 6.07) is 12.8. The minimum absolute atomic E-state index is 0.00422. The second-order valence-corrected chi connectivity index (χ2v) is 11.2. The van der Waals surface area contributed by atoms with Crippen molar-refractivity contribution in [2.45, 2.75) is 51.4 Å². The number of phenols is 2. The van der Waals surface area contributed by atoms with E-state index in [1.807, 2.05) is 0 Å². The Kier molecular flexibility index (Phi) is 9.67. The van der Waals surface area contributed by atoms with Crippen LogP contribution in [0, 0.1) is 35.5 Å². The molecular formula is C31H40O7. The van der Waals surface area contributed by atoms with E-state index >= 15 is 0 Å². The smallest absolute Gasteiger partial charge is 0.341 e. The first kappa shape index (κ1) is 28.0. The van der Waals surface area contributed by atoms with Crippen molar-refractivity contribution < 1.29 is 34.4 Å². The first-order chi connectivity index (χ1) is 18.4. The Morgan fingerprint density at radius 2 is 1.24 bits per heavy atom. The Balaban J connectivity index is 0.000000144. The number of aromatic hydroxyl groups is 2. The fourth-order valence-electron chi connectivity index (χ4n) is 6.84. The van der Waals surface area contributed by atoms with Crippen molar-refractivity contribution in [3.05, 3.63) is 59.7 Å². The maximum Gasteiger partial charge on any atom is 0.341 e. The molecular weight excluding hydrogens is 484 g/mol. The summed E-state index contributed by atoms with van der Waals surface area (Å²) in [5.41, 5.74) is 0.454. The van der Waals surface area contributed by atoms with E-state index in [9.17, 15) is 14.7 Å². The highest BCUT2D eigenvalue weighted by Crippen LogP contribution is 2.49. The lowest BCUT2D eigenvalue weighted by molar-refractivity contribution is 0.0390. The van der Waals surface area contributed by atoms with E-state index in [2.05, 4.69) is 4.74 Å². The summed E-state index contributed by atoms with van der Waals surface area (Å²) < 4.78 is 9.76. The predicted octanol–water partition coefficient (Wildman–Crippen LogP) is 5.58. The minimum atomic E-state index is -0.525. The third-order valence-corrected chi connectivity index (χ3v) is 8.87. The van der Waals surface area contributed by atoms with Gasteiger partial charge in [-0.25, -0.2) is 9.59 Å². The number of benzene rings is 2. The van der Waals surface area contributed by atoms with E-state index in [0.717, 1.165) is 23.7 Å². The van der Waals surface area contributed by atoms with Crippen LogP contribution in [0.1, 0.15) is 72.1 Å². The van der Waals surface area contributed by atoms with Gasteiger partial charge in [0.2, 0.25) is 0 Å². The van der Waals surface area contributed by atoms with Crippen molar-refractivity contribution in [3.63, 3.8) is 0 Å². The van der Waals surface area contributed by atoms with Crippen LogP contribution in [-0.4, -0.2) is 47.6 Å². The number of carbonyl (C=O) groups excluding carboxylic acids is 2. The summed E-state index contributed by atoms with van der Waals surface area (Å²) in [6.07, 6.45) is 10.8. The van der Waals surface area contributed by atoms with Crippen LogP contribution in [-0.2, 0) is 9.47 Å². The summed E-state index contributed by atoms with van der Waals surface area (Å²) in [5, 5.41) is 27.6. The average molecular weight is 525 g/mol. The molecule has 38 heavy (non-hydrogen) atoms. The molecule has 0 saturated heterocycles. The second kappa shape index (κ2) is 13.1. The molecule has 0 aliphatic heterocycles. The van der Waals surface area contributed by atoms with Crippen LogP contribution in [0.25, 0.3) is 0 Å². The number of rotatable bonds is 5. The number of fused-ring (bicyclic) bond motifs is 4. The highest BCUT2D eigenvalue weighted by Gasteiger charge is 2.40. The fourth-order valence-corrected chi connectivity index (χ4v) is 6.84. The van der Waals surface area contributed by atoms with E-state index in [-0.39, 0.29) is 22.6 Å². The number of esters is 2. The van der Waals surface area contributed by atoms with Crippen LogP contribution in [0.5, 0.6) is 11.5 Å². The molecule has 6 unspecified atom stereocenters. The molecule has 0 spiro atoms. The Labute approximate surface area is 224 Å². The van der Waals surface area contributed by atoms with Crippen molar-refractivity contribution in [1.82, 2.24) is 0 Å². The first-order valence-corrected chi connectivity index (χ1v) is 13.8. The number of hydrogen-bond donors (Lipinski definition) is 3. The topological polar surface area (TPSA) is 113 Å². The van der Waals surface area contributed by atoms with Gasteiger partial charge in [0.15, 0.2) is 0 Å². The van der Waals surface area contributed by atoms with Crippen LogP contribution in [0.3, 0.4) is 0 Å². The zero-order chi connectivity index (χ0) is 27.1. The van der Waals surface area contributed by atoms with Crippen LogP contribution in [0.4, 0.5) is 0 Å². The Hall–Kier alpha value is -3.06. The molecule has 4 bridgehead atoms. The number of para-hydroxylation sites is 2. The Morgan fingerprint density at radius 1 is 0.737 bits per heavy atom. The van der Waals surface area contributed by atoms with Gasteiger partial charge in [-0.1, -0.05) is 37.1 Å². The number of ether oxygens (including phenoxy) is 2. The number of carbonyl (C=O) groups is 2.